The lowest BCUT2D eigenvalue weighted by Gasteiger charge is -2.26. The second kappa shape index (κ2) is 15.1. The quantitative estimate of drug-likeness (QED) is 0.128. The molecule has 2 unspecified atom stereocenters. The van der Waals surface area contributed by atoms with E-state index in [1.807, 2.05) is 52.0 Å². The molecule has 0 radical (unpaired) electrons. The largest absolute Gasteiger partial charge is 0.488 e. The summed E-state index contributed by atoms with van der Waals surface area (Å²) in [5.74, 6) is 1.11. The maximum absolute atomic E-state index is 12.2. The van der Waals surface area contributed by atoms with Crippen molar-refractivity contribution in [2.45, 2.75) is 111 Å². The summed E-state index contributed by atoms with van der Waals surface area (Å²) in [5, 5.41) is 3.72. The zero-order chi connectivity index (χ0) is 30.0. The monoisotopic (exact) mass is 564 g/mol. The number of esters is 2. The number of hydrogen-bond donors (Lipinski definition) is 0. The van der Waals surface area contributed by atoms with Gasteiger partial charge in [0, 0.05) is 34.4 Å². The lowest BCUT2D eigenvalue weighted by atomic mass is 9.81. The summed E-state index contributed by atoms with van der Waals surface area (Å²) in [6.45, 7) is 15.1. The first-order valence-corrected chi connectivity index (χ1v) is 15.3. The lowest BCUT2D eigenvalue weighted by molar-refractivity contribution is -0.151. The Morgan fingerprint density at radius 3 is 1.59 bits per heavy atom. The number of rotatable bonds is 16. The van der Waals surface area contributed by atoms with Gasteiger partial charge in [0.2, 0.25) is 0 Å². The van der Waals surface area contributed by atoms with Crippen LogP contribution in [0.1, 0.15) is 99.0 Å². The third kappa shape index (κ3) is 8.15. The summed E-state index contributed by atoms with van der Waals surface area (Å²) < 4.78 is 24.4. The number of benzene rings is 3. The maximum Gasteiger partial charge on any atom is 0.306 e. The molecule has 0 saturated heterocycles. The number of carbonyl (C=O) groups is 2. The van der Waals surface area contributed by atoms with Crippen molar-refractivity contribution in [1.82, 2.24) is 0 Å². The number of fused-ring (bicyclic) bond motifs is 2. The summed E-state index contributed by atoms with van der Waals surface area (Å²) in [4.78, 5) is 24.4. The SMILES string of the molecule is CCCC(=O)OC(CC)COc1c2ccccc2c(OCC(CC)OC(=O)CCC)c2cc(C(C)(C)CC)ccc12. The molecule has 41 heavy (non-hydrogen) atoms. The van der Waals surface area contributed by atoms with Gasteiger partial charge in [-0.3, -0.25) is 9.59 Å². The first-order chi connectivity index (χ1) is 19.7. The molecule has 0 aromatic heterocycles. The van der Waals surface area contributed by atoms with Crippen molar-refractivity contribution in [2.24, 2.45) is 0 Å². The van der Waals surface area contributed by atoms with Crippen LogP contribution in [0.15, 0.2) is 42.5 Å². The van der Waals surface area contributed by atoms with Gasteiger partial charge >= 0.3 is 11.9 Å². The van der Waals surface area contributed by atoms with E-state index in [1.165, 1.54) is 5.56 Å². The fourth-order valence-electron chi connectivity index (χ4n) is 4.76. The molecule has 2 atom stereocenters. The van der Waals surface area contributed by atoms with E-state index in [-0.39, 0.29) is 42.8 Å². The number of hydrogen-bond acceptors (Lipinski definition) is 6. The van der Waals surface area contributed by atoms with Crippen LogP contribution in [0.4, 0.5) is 0 Å². The van der Waals surface area contributed by atoms with Crippen LogP contribution in [0.3, 0.4) is 0 Å². The molecule has 0 bridgehead atoms. The van der Waals surface area contributed by atoms with Crippen LogP contribution in [0.5, 0.6) is 11.5 Å². The minimum absolute atomic E-state index is 0.0272. The summed E-state index contributed by atoms with van der Waals surface area (Å²) in [6, 6.07) is 14.5. The Balaban J connectivity index is 2.10. The van der Waals surface area contributed by atoms with Gasteiger partial charge in [0.15, 0.2) is 0 Å². The van der Waals surface area contributed by atoms with Crippen LogP contribution in [0, 0.1) is 0 Å². The standard InChI is InChI=1S/C35H48O6/c1-8-15-31(36)40-25(10-3)22-38-33-27-17-13-14-18-28(27)34(39-23-26(11-4)41-32(37)16-9-2)30-21-24(19-20-29(30)33)35(6,7)12-5/h13-14,17-21,25-26H,8-12,15-16,22-23H2,1-7H3. The first-order valence-electron chi connectivity index (χ1n) is 15.3. The van der Waals surface area contributed by atoms with E-state index >= 15 is 0 Å². The fraction of sp³-hybridized carbons (Fsp3) is 0.543. The highest BCUT2D eigenvalue weighted by atomic mass is 16.6. The van der Waals surface area contributed by atoms with E-state index in [2.05, 4.69) is 39.0 Å². The average molecular weight is 565 g/mol. The van der Waals surface area contributed by atoms with Gasteiger partial charge < -0.3 is 18.9 Å². The molecule has 6 nitrogen and oxygen atoms in total. The van der Waals surface area contributed by atoms with Crippen LogP contribution in [-0.2, 0) is 24.5 Å². The zero-order valence-electron chi connectivity index (χ0n) is 26.0. The summed E-state index contributed by atoms with van der Waals surface area (Å²) >= 11 is 0. The highest BCUT2D eigenvalue weighted by molar-refractivity contribution is 6.11. The molecule has 0 amide bonds. The third-order valence-corrected chi connectivity index (χ3v) is 7.83. The van der Waals surface area contributed by atoms with Crippen LogP contribution < -0.4 is 9.47 Å². The second-order valence-corrected chi connectivity index (χ2v) is 11.4. The van der Waals surface area contributed by atoms with Gasteiger partial charge in [-0.1, -0.05) is 84.9 Å². The smallest absolute Gasteiger partial charge is 0.306 e. The molecule has 6 heteroatoms. The molecule has 3 aromatic rings. The minimum atomic E-state index is -0.336. The Labute approximate surface area is 245 Å². The molecule has 0 saturated carbocycles. The third-order valence-electron chi connectivity index (χ3n) is 7.83. The second-order valence-electron chi connectivity index (χ2n) is 11.4. The Bertz CT molecular complexity index is 1310. The number of carbonyl (C=O) groups excluding carboxylic acids is 2. The highest BCUT2D eigenvalue weighted by Gasteiger charge is 2.24. The van der Waals surface area contributed by atoms with E-state index in [9.17, 15) is 9.59 Å². The van der Waals surface area contributed by atoms with Crippen LogP contribution in [-0.4, -0.2) is 37.4 Å². The molecule has 0 aliphatic heterocycles. The van der Waals surface area contributed by atoms with Crippen molar-refractivity contribution in [3.8, 4) is 11.5 Å². The van der Waals surface area contributed by atoms with Gasteiger partial charge in [0.25, 0.3) is 0 Å². The van der Waals surface area contributed by atoms with Gasteiger partial charge in [-0.2, -0.15) is 0 Å². The molecule has 0 heterocycles. The molecule has 224 valence electrons. The molecule has 3 aromatic carbocycles. The Hall–Kier alpha value is -3.28. The molecule has 0 aliphatic rings. The van der Waals surface area contributed by atoms with E-state index in [1.54, 1.807) is 0 Å². The predicted molar refractivity (Wildman–Crippen MR) is 166 cm³/mol. The van der Waals surface area contributed by atoms with Gasteiger partial charge in [-0.05, 0) is 49.1 Å². The highest BCUT2D eigenvalue weighted by Crippen LogP contribution is 2.44. The van der Waals surface area contributed by atoms with Gasteiger partial charge in [-0.25, -0.2) is 0 Å². The van der Waals surface area contributed by atoms with Gasteiger partial charge in [-0.15, -0.1) is 0 Å². The molecule has 0 aliphatic carbocycles. The molecule has 0 spiro atoms. The van der Waals surface area contributed by atoms with E-state index < -0.39 is 0 Å². The normalized spacial score (nSPS) is 13.1. The van der Waals surface area contributed by atoms with Crippen LogP contribution in [0.2, 0.25) is 0 Å². The van der Waals surface area contributed by atoms with Crippen LogP contribution >= 0.6 is 0 Å². The summed E-state index contributed by atoms with van der Waals surface area (Å²) in [7, 11) is 0. The Kier molecular flexibility index (Phi) is 11.9. The van der Waals surface area contributed by atoms with Gasteiger partial charge in [0.05, 0.1) is 0 Å². The fourth-order valence-corrected chi connectivity index (χ4v) is 4.76. The lowest BCUT2D eigenvalue weighted by Crippen LogP contribution is -2.25. The molecule has 3 rings (SSSR count). The Morgan fingerprint density at radius 1 is 0.683 bits per heavy atom. The van der Waals surface area contributed by atoms with Crippen molar-refractivity contribution in [1.29, 1.82) is 0 Å². The Morgan fingerprint density at radius 2 is 1.15 bits per heavy atom. The van der Waals surface area contributed by atoms with Crippen molar-refractivity contribution in [3.63, 3.8) is 0 Å². The van der Waals surface area contributed by atoms with E-state index in [4.69, 9.17) is 18.9 Å². The van der Waals surface area contributed by atoms with Crippen molar-refractivity contribution in [3.05, 3.63) is 48.0 Å². The van der Waals surface area contributed by atoms with Crippen molar-refractivity contribution in [2.75, 3.05) is 13.2 Å². The molecular weight excluding hydrogens is 516 g/mol. The van der Waals surface area contributed by atoms with E-state index in [0.29, 0.717) is 25.7 Å². The van der Waals surface area contributed by atoms with Crippen molar-refractivity contribution >= 4 is 33.5 Å². The van der Waals surface area contributed by atoms with Crippen LogP contribution in [0.25, 0.3) is 21.5 Å². The number of ether oxygens (including phenoxy) is 4. The molecule has 0 fully saturated rings. The minimum Gasteiger partial charge on any atom is -0.488 e. The predicted octanol–water partition coefficient (Wildman–Crippen LogP) is 8.68. The molecule has 0 N–H and O–H groups in total. The molecular formula is C35H48O6. The maximum atomic E-state index is 12.2. The first kappa shape index (κ1) is 32.2. The van der Waals surface area contributed by atoms with Crippen molar-refractivity contribution < 1.29 is 28.5 Å². The zero-order valence-corrected chi connectivity index (χ0v) is 26.0. The topological polar surface area (TPSA) is 71.1 Å². The summed E-state index contributed by atoms with van der Waals surface area (Å²) in [5.41, 5.74) is 1.18. The average Bonchev–Trinajstić information content (AvgIpc) is 2.97. The van der Waals surface area contributed by atoms with E-state index in [0.717, 1.165) is 52.3 Å². The van der Waals surface area contributed by atoms with Gasteiger partial charge in [0.1, 0.15) is 36.9 Å². The summed E-state index contributed by atoms with van der Waals surface area (Å²) in [6.07, 6.45) is 3.94.